The molecule has 0 spiro atoms. The fraction of sp³-hybridized carbons (Fsp3) is 0.800. The molecule has 14 heavy (non-hydrogen) atoms. The largest absolute Gasteiger partial charge is 0.340 e. The first-order chi connectivity index (χ1) is 6.36. The Kier molecular flexibility index (Phi) is 1.69. The second-order valence-corrected chi connectivity index (χ2v) is 5.01. The van der Waals surface area contributed by atoms with Gasteiger partial charge in [-0.05, 0) is 39.5 Å². The number of carbonyl (C=O) groups is 2. The molecule has 2 N–H and O–H groups in total. The third kappa shape index (κ3) is 1.21. The molecule has 1 heterocycles. The third-order valence-electron chi connectivity index (χ3n) is 3.23. The maximum atomic E-state index is 11.8. The summed E-state index contributed by atoms with van der Waals surface area (Å²) in [5.41, 5.74) is -1.45. The highest BCUT2D eigenvalue weighted by atomic mass is 16.2. The van der Waals surface area contributed by atoms with Gasteiger partial charge in [0.05, 0.1) is 0 Å². The molecule has 1 saturated heterocycles. The Bertz CT molecular complexity index is 307. The molecule has 2 fully saturated rings. The highest BCUT2D eigenvalue weighted by Gasteiger charge is 2.54. The lowest BCUT2D eigenvalue weighted by Crippen LogP contribution is -2.72. The molecular weight excluding hydrogens is 180 g/mol. The molecule has 0 aromatic rings. The van der Waals surface area contributed by atoms with E-state index in [2.05, 4.69) is 10.6 Å². The average Bonchev–Trinajstić information content (AvgIpc) is 2.82. The molecule has 4 heteroatoms. The minimum atomic E-state index is -0.772. The SMILES string of the molecule is CC1(C)NC(=O)C(C)(C2CC2)NC1=O. The van der Waals surface area contributed by atoms with E-state index in [-0.39, 0.29) is 11.8 Å². The minimum Gasteiger partial charge on any atom is -0.340 e. The first kappa shape index (κ1) is 9.49. The van der Waals surface area contributed by atoms with Gasteiger partial charge in [-0.3, -0.25) is 9.59 Å². The van der Waals surface area contributed by atoms with Crippen molar-refractivity contribution in [3.63, 3.8) is 0 Å². The standard InChI is InChI=1S/C10H16N2O2/c1-9(2)7(13)12-10(3,6-4-5-6)8(14)11-9/h6H,4-5H2,1-3H3,(H,11,14)(H,12,13). The topological polar surface area (TPSA) is 58.2 Å². The lowest BCUT2D eigenvalue weighted by Gasteiger charge is -2.41. The van der Waals surface area contributed by atoms with Gasteiger partial charge in [0.25, 0.3) is 0 Å². The van der Waals surface area contributed by atoms with E-state index in [9.17, 15) is 9.59 Å². The summed E-state index contributed by atoms with van der Waals surface area (Å²) in [4.78, 5) is 23.5. The summed E-state index contributed by atoms with van der Waals surface area (Å²) in [5.74, 6) is 0.179. The zero-order chi connectivity index (χ0) is 10.6. The number of carbonyl (C=O) groups excluding carboxylic acids is 2. The molecule has 0 aromatic heterocycles. The minimum absolute atomic E-state index is 0.0513. The molecule has 78 valence electrons. The van der Waals surface area contributed by atoms with Crippen molar-refractivity contribution in [3.05, 3.63) is 0 Å². The van der Waals surface area contributed by atoms with E-state index in [0.29, 0.717) is 5.92 Å². The Labute approximate surface area is 83.4 Å². The Balaban J connectivity index is 2.24. The lowest BCUT2D eigenvalue weighted by molar-refractivity contribution is -0.145. The second-order valence-electron chi connectivity index (χ2n) is 5.01. The molecule has 1 aliphatic carbocycles. The molecule has 0 bridgehead atoms. The number of amides is 2. The van der Waals surface area contributed by atoms with Crippen LogP contribution in [0.4, 0.5) is 0 Å². The average molecular weight is 196 g/mol. The van der Waals surface area contributed by atoms with E-state index in [4.69, 9.17) is 0 Å². The number of piperazine rings is 1. The van der Waals surface area contributed by atoms with Crippen LogP contribution in [0.3, 0.4) is 0 Å². The van der Waals surface area contributed by atoms with Gasteiger partial charge in [0, 0.05) is 0 Å². The van der Waals surface area contributed by atoms with Crippen LogP contribution in [0.15, 0.2) is 0 Å². The van der Waals surface area contributed by atoms with Crippen LogP contribution < -0.4 is 10.6 Å². The van der Waals surface area contributed by atoms with E-state index in [1.807, 2.05) is 6.92 Å². The van der Waals surface area contributed by atoms with Crippen LogP contribution in [0.2, 0.25) is 0 Å². The fourth-order valence-electron chi connectivity index (χ4n) is 1.87. The van der Waals surface area contributed by atoms with Crippen LogP contribution in [-0.2, 0) is 9.59 Å². The van der Waals surface area contributed by atoms with Gasteiger partial charge in [0.1, 0.15) is 11.1 Å². The molecular formula is C10H16N2O2. The predicted octanol–water partition coefficient (Wildman–Crippen LogP) is 0.180. The molecule has 2 rings (SSSR count). The van der Waals surface area contributed by atoms with Crippen molar-refractivity contribution in [1.29, 1.82) is 0 Å². The van der Waals surface area contributed by atoms with Gasteiger partial charge in [-0.15, -0.1) is 0 Å². The van der Waals surface area contributed by atoms with Crippen molar-refractivity contribution in [3.8, 4) is 0 Å². The second kappa shape index (κ2) is 2.49. The quantitative estimate of drug-likeness (QED) is 0.628. The van der Waals surface area contributed by atoms with Crippen molar-refractivity contribution in [2.75, 3.05) is 0 Å². The Morgan fingerprint density at radius 1 is 1.07 bits per heavy atom. The van der Waals surface area contributed by atoms with Crippen LogP contribution in [0, 0.1) is 5.92 Å². The molecule has 0 aromatic carbocycles. The van der Waals surface area contributed by atoms with Crippen LogP contribution >= 0.6 is 0 Å². The van der Waals surface area contributed by atoms with Gasteiger partial charge in [-0.1, -0.05) is 0 Å². The van der Waals surface area contributed by atoms with Gasteiger partial charge in [0.15, 0.2) is 0 Å². The summed E-state index contributed by atoms with van der Waals surface area (Å²) >= 11 is 0. The van der Waals surface area contributed by atoms with E-state index >= 15 is 0 Å². The van der Waals surface area contributed by atoms with Crippen LogP contribution in [0.5, 0.6) is 0 Å². The van der Waals surface area contributed by atoms with Gasteiger partial charge in [-0.2, -0.15) is 0 Å². The van der Waals surface area contributed by atoms with Crippen molar-refractivity contribution in [2.24, 2.45) is 5.92 Å². The number of hydrogen-bond acceptors (Lipinski definition) is 2. The fourth-order valence-corrected chi connectivity index (χ4v) is 1.87. The maximum Gasteiger partial charge on any atom is 0.246 e. The van der Waals surface area contributed by atoms with E-state index in [1.54, 1.807) is 13.8 Å². The smallest absolute Gasteiger partial charge is 0.246 e. The van der Waals surface area contributed by atoms with Crippen LogP contribution in [0.1, 0.15) is 33.6 Å². The van der Waals surface area contributed by atoms with Crippen molar-refractivity contribution >= 4 is 11.8 Å². The first-order valence-electron chi connectivity index (χ1n) is 5.01. The number of nitrogens with one attached hydrogen (secondary N) is 2. The molecule has 1 saturated carbocycles. The van der Waals surface area contributed by atoms with E-state index in [0.717, 1.165) is 12.8 Å². The van der Waals surface area contributed by atoms with E-state index in [1.165, 1.54) is 0 Å². The monoisotopic (exact) mass is 196 g/mol. The van der Waals surface area contributed by atoms with Crippen molar-refractivity contribution in [1.82, 2.24) is 10.6 Å². The van der Waals surface area contributed by atoms with Gasteiger partial charge < -0.3 is 10.6 Å². The van der Waals surface area contributed by atoms with Crippen LogP contribution in [0.25, 0.3) is 0 Å². The molecule has 2 aliphatic rings. The molecule has 4 nitrogen and oxygen atoms in total. The highest BCUT2D eigenvalue weighted by molar-refractivity contribution is 6.02. The van der Waals surface area contributed by atoms with Crippen LogP contribution in [-0.4, -0.2) is 22.9 Å². The maximum absolute atomic E-state index is 11.8. The Hall–Kier alpha value is -1.06. The number of rotatable bonds is 1. The Morgan fingerprint density at radius 3 is 2.14 bits per heavy atom. The van der Waals surface area contributed by atoms with Crippen molar-refractivity contribution in [2.45, 2.75) is 44.7 Å². The molecule has 1 atom stereocenters. The first-order valence-corrected chi connectivity index (χ1v) is 5.01. The zero-order valence-electron chi connectivity index (χ0n) is 8.81. The van der Waals surface area contributed by atoms with Gasteiger partial charge >= 0.3 is 0 Å². The predicted molar refractivity (Wildman–Crippen MR) is 51.5 cm³/mol. The Morgan fingerprint density at radius 2 is 1.64 bits per heavy atom. The third-order valence-corrected chi connectivity index (χ3v) is 3.23. The molecule has 2 amide bonds. The normalized spacial score (nSPS) is 36.2. The molecule has 1 unspecified atom stereocenters. The van der Waals surface area contributed by atoms with Gasteiger partial charge in [-0.25, -0.2) is 0 Å². The molecule has 1 aliphatic heterocycles. The van der Waals surface area contributed by atoms with Gasteiger partial charge in [0.2, 0.25) is 11.8 Å². The summed E-state index contributed by atoms with van der Waals surface area (Å²) in [6.07, 6.45) is 2.06. The van der Waals surface area contributed by atoms with E-state index < -0.39 is 11.1 Å². The summed E-state index contributed by atoms with van der Waals surface area (Å²) in [6.45, 7) is 5.24. The summed E-state index contributed by atoms with van der Waals surface area (Å²) in [7, 11) is 0. The highest BCUT2D eigenvalue weighted by Crippen LogP contribution is 2.41. The summed E-state index contributed by atoms with van der Waals surface area (Å²) < 4.78 is 0. The van der Waals surface area contributed by atoms with Crippen molar-refractivity contribution < 1.29 is 9.59 Å². The lowest BCUT2D eigenvalue weighted by atomic mass is 9.87. The summed E-state index contributed by atoms with van der Waals surface area (Å²) in [5, 5.41) is 5.61. The molecule has 0 radical (unpaired) electrons. The number of hydrogen-bond donors (Lipinski definition) is 2. The summed E-state index contributed by atoms with van der Waals surface area (Å²) in [6, 6.07) is 0. The zero-order valence-corrected chi connectivity index (χ0v) is 8.81.